The second kappa shape index (κ2) is 3.77. The standard InChI is InChI=1S/C13H10N6O/c1-8-6-12-14-7-11(13(20)19(12)16-8)18-10-5-3-2-4-9(10)15-17-18/h2-7,16H,1H3. The minimum atomic E-state index is -0.209. The molecule has 0 amide bonds. The van der Waals surface area contributed by atoms with E-state index in [0.29, 0.717) is 11.3 Å². The fourth-order valence-electron chi connectivity index (χ4n) is 2.26. The zero-order valence-electron chi connectivity index (χ0n) is 10.6. The quantitative estimate of drug-likeness (QED) is 0.558. The second-order valence-electron chi connectivity index (χ2n) is 4.57. The molecule has 0 atom stereocenters. The monoisotopic (exact) mass is 266 g/mol. The molecule has 20 heavy (non-hydrogen) atoms. The Bertz CT molecular complexity index is 993. The number of hydrogen-bond acceptors (Lipinski definition) is 4. The predicted molar refractivity (Wildman–Crippen MR) is 73.0 cm³/mol. The molecule has 0 saturated heterocycles. The van der Waals surface area contributed by atoms with Crippen LogP contribution in [0, 0.1) is 6.92 Å². The first-order valence-corrected chi connectivity index (χ1v) is 6.12. The van der Waals surface area contributed by atoms with Crippen LogP contribution in [0.5, 0.6) is 0 Å². The van der Waals surface area contributed by atoms with Crippen molar-refractivity contribution in [1.29, 1.82) is 0 Å². The number of aromatic nitrogens is 6. The first-order valence-electron chi connectivity index (χ1n) is 6.12. The van der Waals surface area contributed by atoms with Crippen molar-refractivity contribution in [2.45, 2.75) is 6.92 Å². The summed E-state index contributed by atoms with van der Waals surface area (Å²) in [6.45, 7) is 1.87. The molecule has 0 fully saturated rings. The van der Waals surface area contributed by atoms with E-state index in [2.05, 4.69) is 20.4 Å². The summed E-state index contributed by atoms with van der Waals surface area (Å²) in [6, 6.07) is 9.28. The van der Waals surface area contributed by atoms with E-state index in [-0.39, 0.29) is 5.56 Å². The van der Waals surface area contributed by atoms with Gasteiger partial charge in [0.15, 0.2) is 11.3 Å². The number of para-hydroxylation sites is 1. The van der Waals surface area contributed by atoms with Crippen LogP contribution in [0.3, 0.4) is 0 Å². The van der Waals surface area contributed by atoms with Crippen molar-refractivity contribution in [3.8, 4) is 5.69 Å². The molecule has 3 aromatic heterocycles. The average Bonchev–Trinajstić information content (AvgIpc) is 3.03. The van der Waals surface area contributed by atoms with Gasteiger partial charge in [-0.15, -0.1) is 5.10 Å². The van der Waals surface area contributed by atoms with E-state index in [9.17, 15) is 4.79 Å². The Morgan fingerprint density at radius 3 is 3.00 bits per heavy atom. The van der Waals surface area contributed by atoms with Crippen LogP contribution in [0.25, 0.3) is 22.4 Å². The van der Waals surface area contributed by atoms with Crippen LogP contribution in [-0.4, -0.2) is 29.6 Å². The van der Waals surface area contributed by atoms with Gasteiger partial charge in [0, 0.05) is 11.8 Å². The highest BCUT2D eigenvalue weighted by molar-refractivity contribution is 5.75. The van der Waals surface area contributed by atoms with Gasteiger partial charge in [-0.2, -0.15) is 4.52 Å². The van der Waals surface area contributed by atoms with E-state index in [4.69, 9.17) is 0 Å². The SMILES string of the molecule is Cc1cc2ncc(-n3nnc4ccccc43)c(=O)n2[nH]1. The fourth-order valence-corrected chi connectivity index (χ4v) is 2.26. The molecule has 1 N–H and O–H groups in total. The summed E-state index contributed by atoms with van der Waals surface area (Å²) in [4.78, 5) is 16.8. The van der Waals surface area contributed by atoms with Crippen molar-refractivity contribution in [2.24, 2.45) is 0 Å². The molecule has 98 valence electrons. The van der Waals surface area contributed by atoms with Crippen molar-refractivity contribution in [3.63, 3.8) is 0 Å². The highest BCUT2D eigenvalue weighted by atomic mass is 16.1. The Labute approximate surface area is 112 Å². The number of fused-ring (bicyclic) bond motifs is 2. The molecule has 0 saturated carbocycles. The van der Waals surface area contributed by atoms with Gasteiger partial charge in [0.2, 0.25) is 0 Å². The maximum Gasteiger partial charge on any atom is 0.298 e. The van der Waals surface area contributed by atoms with Gasteiger partial charge in [-0.25, -0.2) is 9.67 Å². The number of hydrogen-bond donors (Lipinski definition) is 1. The summed E-state index contributed by atoms with van der Waals surface area (Å²) in [5.41, 5.74) is 3.11. The van der Waals surface area contributed by atoms with Crippen LogP contribution in [-0.2, 0) is 0 Å². The van der Waals surface area contributed by atoms with Gasteiger partial charge in [0.05, 0.1) is 11.7 Å². The van der Waals surface area contributed by atoms with Crippen molar-refractivity contribution >= 4 is 16.7 Å². The van der Waals surface area contributed by atoms with E-state index in [1.807, 2.05) is 37.3 Å². The topological polar surface area (TPSA) is 80.9 Å². The number of rotatable bonds is 1. The summed E-state index contributed by atoms with van der Waals surface area (Å²) in [5.74, 6) is 0. The summed E-state index contributed by atoms with van der Waals surface area (Å²) in [5, 5.41) is 11.0. The zero-order valence-corrected chi connectivity index (χ0v) is 10.6. The lowest BCUT2D eigenvalue weighted by atomic mass is 10.3. The number of aryl methyl sites for hydroxylation is 1. The summed E-state index contributed by atoms with van der Waals surface area (Å²) < 4.78 is 2.91. The van der Waals surface area contributed by atoms with Crippen molar-refractivity contribution in [2.75, 3.05) is 0 Å². The van der Waals surface area contributed by atoms with E-state index in [0.717, 1.165) is 16.7 Å². The molecular formula is C13H10N6O. The van der Waals surface area contributed by atoms with Gasteiger partial charge in [0.1, 0.15) is 5.52 Å². The van der Waals surface area contributed by atoms with Gasteiger partial charge < -0.3 is 0 Å². The number of aromatic amines is 1. The molecule has 4 rings (SSSR count). The summed E-state index contributed by atoms with van der Waals surface area (Å²) in [6.07, 6.45) is 1.52. The maximum absolute atomic E-state index is 12.5. The van der Waals surface area contributed by atoms with E-state index >= 15 is 0 Å². The lowest BCUT2D eigenvalue weighted by Gasteiger charge is -2.01. The third-order valence-corrected chi connectivity index (χ3v) is 3.18. The van der Waals surface area contributed by atoms with Crippen LogP contribution in [0.1, 0.15) is 5.69 Å². The molecule has 7 nitrogen and oxygen atoms in total. The Hall–Kier alpha value is -2.96. The van der Waals surface area contributed by atoms with Crippen LogP contribution < -0.4 is 5.56 Å². The Morgan fingerprint density at radius 1 is 1.25 bits per heavy atom. The third-order valence-electron chi connectivity index (χ3n) is 3.18. The minimum Gasteiger partial charge on any atom is -0.294 e. The van der Waals surface area contributed by atoms with E-state index in [1.165, 1.54) is 15.4 Å². The van der Waals surface area contributed by atoms with E-state index < -0.39 is 0 Å². The average molecular weight is 266 g/mol. The van der Waals surface area contributed by atoms with Gasteiger partial charge in [-0.3, -0.25) is 9.89 Å². The van der Waals surface area contributed by atoms with Crippen LogP contribution in [0.4, 0.5) is 0 Å². The molecule has 0 unspecified atom stereocenters. The molecule has 0 bridgehead atoms. The molecule has 1 aromatic carbocycles. The first kappa shape index (κ1) is 10.9. The highest BCUT2D eigenvalue weighted by Crippen LogP contribution is 2.13. The molecule has 0 aliphatic rings. The summed E-state index contributed by atoms with van der Waals surface area (Å²) >= 11 is 0. The molecule has 3 heterocycles. The Balaban J connectivity index is 2.07. The summed E-state index contributed by atoms with van der Waals surface area (Å²) in [7, 11) is 0. The Morgan fingerprint density at radius 2 is 2.10 bits per heavy atom. The van der Waals surface area contributed by atoms with Gasteiger partial charge in [0.25, 0.3) is 5.56 Å². The number of H-pyrrole nitrogens is 1. The molecule has 0 aliphatic carbocycles. The number of nitrogens with zero attached hydrogens (tertiary/aromatic N) is 5. The number of benzene rings is 1. The van der Waals surface area contributed by atoms with E-state index in [1.54, 1.807) is 0 Å². The second-order valence-corrected chi connectivity index (χ2v) is 4.57. The normalized spacial score (nSPS) is 11.4. The predicted octanol–water partition coefficient (Wildman–Crippen LogP) is 1.06. The van der Waals surface area contributed by atoms with Gasteiger partial charge in [-0.05, 0) is 19.1 Å². The molecule has 7 heteroatoms. The zero-order chi connectivity index (χ0) is 13.7. The largest absolute Gasteiger partial charge is 0.298 e. The third kappa shape index (κ3) is 1.40. The van der Waals surface area contributed by atoms with Crippen LogP contribution in [0.2, 0.25) is 0 Å². The smallest absolute Gasteiger partial charge is 0.294 e. The lowest BCUT2D eigenvalue weighted by Crippen LogP contribution is -2.21. The molecular weight excluding hydrogens is 256 g/mol. The first-order chi connectivity index (χ1) is 9.74. The fraction of sp³-hybridized carbons (Fsp3) is 0.0769. The molecule has 0 radical (unpaired) electrons. The van der Waals surface area contributed by atoms with Crippen LogP contribution >= 0.6 is 0 Å². The van der Waals surface area contributed by atoms with Crippen molar-refractivity contribution in [3.05, 3.63) is 52.6 Å². The molecule has 0 spiro atoms. The van der Waals surface area contributed by atoms with Crippen LogP contribution in [0.15, 0.2) is 41.3 Å². The molecule has 4 aromatic rings. The highest BCUT2D eigenvalue weighted by Gasteiger charge is 2.12. The lowest BCUT2D eigenvalue weighted by molar-refractivity contribution is 0.784. The maximum atomic E-state index is 12.5. The van der Waals surface area contributed by atoms with Gasteiger partial charge >= 0.3 is 0 Å². The number of nitrogens with one attached hydrogen (secondary N) is 1. The van der Waals surface area contributed by atoms with Crippen molar-refractivity contribution in [1.82, 2.24) is 29.6 Å². The minimum absolute atomic E-state index is 0.209. The van der Waals surface area contributed by atoms with Gasteiger partial charge in [-0.1, -0.05) is 17.3 Å². The van der Waals surface area contributed by atoms with Crippen molar-refractivity contribution < 1.29 is 0 Å². The Kier molecular flexibility index (Phi) is 2.06. The molecule has 0 aliphatic heterocycles.